The van der Waals surface area contributed by atoms with Crippen LogP contribution < -0.4 is 0 Å². The highest BCUT2D eigenvalue weighted by Gasteiger charge is 2.35. The zero-order chi connectivity index (χ0) is 11.9. The summed E-state index contributed by atoms with van der Waals surface area (Å²) in [4.78, 5) is -0.528. The molecule has 0 saturated carbocycles. The molecule has 0 bridgehead atoms. The predicted molar refractivity (Wildman–Crippen MR) is 57.2 cm³/mol. The molecular weight excluding hydrogens is 367 g/mol. The number of halogens is 5. The van der Waals surface area contributed by atoms with E-state index in [9.17, 15) is 21.6 Å². The van der Waals surface area contributed by atoms with Crippen molar-refractivity contribution in [1.29, 1.82) is 0 Å². The maximum absolute atomic E-state index is 12.4. The summed E-state index contributed by atoms with van der Waals surface area (Å²) in [5.41, 5.74) is -1.01. The van der Waals surface area contributed by atoms with Gasteiger partial charge in [-0.25, -0.2) is 8.42 Å². The highest BCUT2D eigenvalue weighted by Crippen LogP contribution is 2.36. The van der Waals surface area contributed by atoms with Crippen LogP contribution in [0.3, 0.4) is 0 Å². The fourth-order valence-corrected chi connectivity index (χ4v) is 3.79. The minimum Gasteiger partial charge on any atom is -0.207 e. The zero-order valence-electron chi connectivity index (χ0n) is 6.85. The Labute approximate surface area is 102 Å². The summed E-state index contributed by atoms with van der Waals surface area (Å²) in [6, 6.07) is 2.83. The second-order valence-corrected chi connectivity index (χ2v) is 6.17. The molecule has 0 aromatic heterocycles. The molecule has 0 aliphatic rings. The molecule has 1 aromatic carbocycles. The first-order valence-corrected chi connectivity index (χ1v) is 6.83. The molecule has 0 unspecified atom stereocenters. The van der Waals surface area contributed by atoms with Crippen molar-refractivity contribution in [2.75, 3.05) is 0 Å². The number of alkyl halides is 3. The van der Waals surface area contributed by atoms with Crippen LogP contribution in [-0.4, -0.2) is 8.42 Å². The van der Waals surface area contributed by atoms with Crippen LogP contribution >= 0.6 is 33.3 Å². The number of hydrogen-bond donors (Lipinski definition) is 0. The Morgan fingerprint density at radius 1 is 1.27 bits per heavy atom. The summed E-state index contributed by atoms with van der Waals surface area (Å²) >= 11 is 1.31. The lowest BCUT2D eigenvalue weighted by Crippen LogP contribution is -2.09. The van der Waals surface area contributed by atoms with Crippen molar-refractivity contribution in [1.82, 2.24) is 0 Å². The lowest BCUT2D eigenvalue weighted by Gasteiger charge is -2.10. The van der Waals surface area contributed by atoms with E-state index in [0.29, 0.717) is 0 Å². The topological polar surface area (TPSA) is 34.1 Å². The van der Waals surface area contributed by atoms with Crippen molar-refractivity contribution in [3.63, 3.8) is 0 Å². The second kappa shape index (κ2) is 4.10. The molecule has 0 fully saturated rings. The van der Waals surface area contributed by atoms with Crippen LogP contribution in [0.2, 0.25) is 0 Å². The summed E-state index contributed by atoms with van der Waals surface area (Å²) in [6.45, 7) is 0. The van der Waals surface area contributed by atoms with Crippen molar-refractivity contribution in [2.45, 2.75) is 11.1 Å². The lowest BCUT2D eigenvalue weighted by molar-refractivity contribution is -0.138. The Hall–Kier alpha value is -0.0200. The molecule has 0 atom stereocenters. The maximum atomic E-state index is 12.4. The fourth-order valence-electron chi connectivity index (χ4n) is 0.918. The summed E-state index contributed by atoms with van der Waals surface area (Å²) < 4.78 is 58.6. The molecule has 0 saturated heterocycles. The first-order valence-electron chi connectivity index (χ1n) is 3.44. The van der Waals surface area contributed by atoms with Gasteiger partial charge in [-0.1, -0.05) is 6.07 Å². The Morgan fingerprint density at radius 2 is 1.80 bits per heavy atom. The molecule has 15 heavy (non-hydrogen) atoms. The molecule has 8 heteroatoms. The highest BCUT2D eigenvalue weighted by molar-refractivity contribution is 14.1. The summed E-state index contributed by atoms with van der Waals surface area (Å²) in [5, 5.41) is 0. The molecule has 0 radical (unpaired) electrons. The third-order valence-corrected chi connectivity index (χ3v) is 4.42. The average molecular weight is 371 g/mol. The number of rotatable bonds is 1. The van der Waals surface area contributed by atoms with E-state index in [1.807, 2.05) is 0 Å². The quantitative estimate of drug-likeness (QED) is 0.562. The van der Waals surface area contributed by atoms with Gasteiger partial charge in [-0.15, -0.1) is 0 Å². The molecule has 84 valence electrons. The van der Waals surface area contributed by atoms with Crippen LogP contribution in [-0.2, 0) is 15.2 Å². The smallest absolute Gasteiger partial charge is 0.207 e. The first-order chi connectivity index (χ1) is 6.64. The normalized spacial score (nSPS) is 12.9. The van der Waals surface area contributed by atoms with Crippen LogP contribution in [0.5, 0.6) is 0 Å². The summed E-state index contributed by atoms with van der Waals surface area (Å²) in [5.74, 6) is 0. The van der Waals surface area contributed by atoms with Crippen molar-refractivity contribution in [3.8, 4) is 0 Å². The molecule has 1 rings (SSSR count). The number of hydrogen-bond acceptors (Lipinski definition) is 2. The molecule has 0 spiro atoms. The second-order valence-electron chi connectivity index (χ2n) is 2.55. The first kappa shape index (κ1) is 13.0. The zero-order valence-corrected chi connectivity index (χ0v) is 10.6. The van der Waals surface area contributed by atoms with Gasteiger partial charge in [0.2, 0.25) is 0 Å². The third kappa shape index (κ3) is 2.97. The Balaban J connectivity index is 3.51. The number of benzene rings is 1. The molecule has 0 amide bonds. The largest absolute Gasteiger partial charge is 0.417 e. The van der Waals surface area contributed by atoms with Gasteiger partial charge in [0.05, 0.1) is 10.5 Å². The van der Waals surface area contributed by atoms with E-state index >= 15 is 0 Å². The fraction of sp³-hybridized carbons (Fsp3) is 0.143. The van der Waals surface area contributed by atoms with Crippen molar-refractivity contribution in [2.24, 2.45) is 0 Å². The minimum absolute atomic E-state index is 0.419. The Bertz CT molecular complexity index is 483. The molecular formula is C7H3ClF3IO2S. The van der Waals surface area contributed by atoms with E-state index in [1.165, 1.54) is 22.6 Å². The molecule has 2 nitrogen and oxygen atoms in total. The van der Waals surface area contributed by atoms with Crippen molar-refractivity contribution >= 4 is 42.3 Å². The van der Waals surface area contributed by atoms with Crippen LogP contribution in [0.25, 0.3) is 0 Å². The van der Waals surface area contributed by atoms with Gasteiger partial charge in [0, 0.05) is 14.3 Å². The summed E-state index contributed by atoms with van der Waals surface area (Å²) in [6.07, 6.45) is -4.59. The van der Waals surface area contributed by atoms with Gasteiger partial charge in [0.15, 0.2) is 0 Å². The monoisotopic (exact) mass is 370 g/mol. The third-order valence-electron chi connectivity index (χ3n) is 1.53. The average Bonchev–Trinajstić information content (AvgIpc) is 1.99. The van der Waals surface area contributed by atoms with Gasteiger partial charge in [-0.2, -0.15) is 13.2 Å². The van der Waals surface area contributed by atoms with E-state index in [2.05, 4.69) is 0 Å². The Morgan fingerprint density at radius 3 is 2.20 bits per heavy atom. The van der Waals surface area contributed by atoms with Gasteiger partial charge < -0.3 is 0 Å². The molecule has 0 N–H and O–H groups in total. The van der Waals surface area contributed by atoms with Crippen LogP contribution in [0.1, 0.15) is 5.56 Å². The van der Waals surface area contributed by atoms with Gasteiger partial charge in [0.1, 0.15) is 0 Å². The van der Waals surface area contributed by atoms with E-state index in [-0.39, 0.29) is 0 Å². The van der Waals surface area contributed by atoms with Gasteiger partial charge >= 0.3 is 6.18 Å². The van der Waals surface area contributed by atoms with Crippen LogP contribution in [0.4, 0.5) is 13.2 Å². The van der Waals surface area contributed by atoms with Gasteiger partial charge in [-0.3, -0.25) is 0 Å². The SMILES string of the molecule is O=S(=O)(Cl)c1cccc(C(F)(F)F)c1I. The van der Waals surface area contributed by atoms with Crippen molar-refractivity contribution < 1.29 is 21.6 Å². The van der Waals surface area contributed by atoms with Crippen molar-refractivity contribution in [3.05, 3.63) is 27.3 Å². The van der Waals surface area contributed by atoms with Gasteiger partial charge in [-0.05, 0) is 34.7 Å². The van der Waals surface area contributed by atoms with E-state index in [1.54, 1.807) is 0 Å². The maximum Gasteiger partial charge on any atom is 0.417 e. The van der Waals surface area contributed by atoms with E-state index in [0.717, 1.165) is 18.2 Å². The predicted octanol–water partition coefficient (Wildman–Crippen LogP) is 3.24. The lowest BCUT2D eigenvalue weighted by atomic mass is 10.2. The van der Waals surface area contributed by atoms with E-state index < -0.39 is 29.3 Å². The minimum atomic E-state index is -4.59. The standard InChI is InChI=1S/C7H3ClF3IO2S/c8-15(13,14)5-3-1-2-4(6(5)12)7(9,10)11/h1-3H. The van der Waals surface area contributed by atoms with Gasteiger partial charge in [0.25, 0.3) is 9.05 Å². The van der Waals surface area contributed by atoms with Crippen LogP contribution in [0, 0.1) is 3.57 Å². The molecule has 0 aliphatic carbocycles. The molecule has 1 aromatic rings. The van der Waals surface area contributed by atoms with Crippen LogP contribution in [0.15, 0.2) is 23.1 Å². The van der Waals surface area contributed by atoms with E-state index in [4.69, 9.17) is 10.7 Å². The molecule has 0 heterocycles. The summed E-state index contributed by atoms with van der Waals surface area (Å²) in [7, 11) is 0.834. The highest BCUT2D eigenvalue weighted by atomic mass is 127. The molecule has 0 aliphatic heterocycles. The Kier molecular flexibility index (Phi) is 3.56.